The number of carbonyl (C=O) groups is 1. The van der Waals surface area contributed by atoms with E-state index in [1.165, 1.54) is 12.7 Å². The lowest BCUT2D eigenvalue weighted by Crippen LogP contribution is -2.14. The first-order valence-corrected chi connectivity index (χ1v) is 5.38. The fraction of sp³-hybridized carbons (Fsp3) is 0.167. The number of amides is 1. The highest BCUT2D eigenvalue weighted by Crippen LogP contribution is 2.34. The molecule has 0 aliphatic carbocycles. The van der Waals surface area contributed by atoms with Gasteiger partial charge in [0, 0.05) is 11.8 Å². The van der Waals surface area contributed by atoms with E-state index in [0.29, 0.717) is 22.9 Å². The molecule has 6 heteroatoms. The summed E-state index contributed by atoms with van der Waals surface area (Å²) in [6, 6.07) is 5.24. The maximum absolute atomic E-state index is 11.7. The van der Waals surface area contributed by atoms with Crippen molar-refractivity contribution in [3.05, 3.63) is 36.5 Å². The molecule has 3 rings (SSSR count). The number of anilines is 1. The van der Waals surface area contributed by atoms with Crippen molar-refractivity contribution in [2.45, 2.75) is 6.42 Å². The summed E-state index contributed by atoms with van der Waals surface area (Å²) < 4.78 is 15.2. The third-order valence-electron chi connectivity index (χ3n) is 2.48. The van der Waals surface area contributed by atoms with Gasteiger partial charge < -0.3 is 19.2 Å². The van der Waals surface area contributed by atoms with Gasteiger partial charge >= 0.3 is 0 Å². The van der Waals surface area contributed by atoms with Crippen LogP contribution in [0.15, 0.2) is 35.3 Å². The van der Waals surface area contributed by atoms with Crippen LogP contribution >= 0.6 is 0 Å². The summed E-state index contributed by atoms with van der Waals surface area (Å²) in [5.41, 5.74) is 1.25. The molecule has 1 N–H and O–H groups in total. The number of oxazole rings is 1. The van der Waals surface area contributed by atoms with Gasteiger partial charge in [-0.3, -0.25) is 4.79 Å². The zero-order valence-corrected chi connectivity index (χ0v) is 9.38. The molecule has 18 heavy (non-hydrogen) atoms. The second-order valence-corrected chi connectivity index (χ2v) is 3.77. The molecule has 0 unspecified atom stereocenters. The van der Waals surface area contributed by atoms with Gasteiger partial charge in [0.25, 0.3) is 0 Å². The summed E-state index contributed by atoms with van der Waals surface area (Å²) in [5.74, 6) is 1.15. The highest BCUT2D eigenvalue weighted by Gasteiger charge is 2.14. The van der Waals surface area contributed by atoms with Crippen LogP contribution in [0.25, 0.3) is 0 Å². The predicted molar refractivity (Wildman–Crippen MR) is 61.4 cm³/mol. The lowest BCUT2D eigenvalue weighted by molar-refractivity contribution is -0.115. The van der Waals surface area contributed by atoms with Crippen LogP contribution in [0.3, 0.4) is 0 Å². The Labute approximate surface area is 103 Å². The molecule has 0 saturated heterocycles. The minimum Gasteiger partial charge on any atom is -0.454 e. The lowest BCUT2D eigenvalue weighted by atomic mass is 10.2. The lowest BCUT2D eigenvalue weighted by Gasteiger charge is -2.04. The molecule has 1 aromatic heterocycles. The van der Waals surface area contributed by atoms with Gasteiger partial charge in [0.1, 0.15) is 6.26 Å². The Bertz CT molecular complexity index is 565. The van der Waals surface area contributed by atoms with Gasteiger partial charge in [-0.05, 0) is 12.1 Å². The molecule has 1 aromatic carbocycles. The van der Waals surface area contributed by atoms with Gasteiger partial charge in [0.2, 0.25) is 12.7 Å². The van der Waals surface area contributed by atoms with E-state index < -0.39 is 0 Å². The molecule has 1 aliphatic heterocycles. The number of nitrogens with one attached hydrogen (secondary N) is 1. The number of rotatable bonds is 3. The second kappa shape index (κ2) is 4.40. The van der Waals surface area contributed by atoms with E-state index in [1.807, 2.05) is 0 Å². The number of ether oxygens (including phenoxy) is 2. The first-order valence-electron chi connectivity index (χ1n) is 5.38. The normalized spacial score (nSPS) is 12.4. The average molecular weight is 246 g/mol. The Morgan fingerprint density at radius 2 is 2.22 bits per heavy atom. The average Bonchev–Trinajstić information content (AvgIpc) is 2.98. The predicted octanol–water partition coefficient (Wildman–Crippen LogP) is 1.58. The number of carbonyl (C=O) groups excluding carboxylic acids is 1. The molecule has 2 heterocycles. The Hall–Kier alpha value is -2.50. The summed E-state index contributed by atoms with van der Waals surface area (Å²) in [4.78, 5) is 15.6. The quantitative estimate of drug-likeness (QED) is 0.890. The minimum absolute atomic E-state index is 0.164. The van der Waals surface area contributed by atoms with Gasteiger partial charge in [0.15, 0.2) is 17.9 Å². The molecule has 6 nitrogen and oxygen atoms in total. The largest absolute Gasteiger partial charge is 0.454 e. The molecule has 1 amide bonds. The monoisotopic (exact) mass is 246 g/mol. The smallest absolute Gasteiger partial charge is 0.231 e. The van der Waals surface area contributed by atoms with Crippen molar-refractivity contribution in [3.8, 4) is 11.5 Å². The molecular formula is C12H10N2O4. The summed E-state index contributed by atoms with van der Waals surface area (Å²) in [7, 11) is 0. The third kappa shape index (κ3) is 2.13. The van der Waals surface area contributed by atoms with E-state index >= 15 is 0 Å². The van der Waals surface area contributed by atoms with Crippen molar-refractivity contribution < 1.29 is 18.7 Å². The third-order valence-corrected chi connectivity index (χ3v) is 2.48. The van der Waals surface area contributed by atoms with Gasteiger partial charge in [-0.15, -0.1) is 0 Å². The molecule has 92 valence electrons. The maximum atomic E-state index is 11.7. The van der Waals surface area contributed by atoms with Crippen LogP contribution in [0.2, 0.25) is 0 Å². The molecule has 0 bridgehead atoms. The zero-order chi connectivity index (χ0) is 12.4. The number of hydrogen-bond acceptors (Lipinski definition) is 5. The number of hydrogen-bond donors (Lipinski definition) is 1. The Morgan fingerprint density at radius 1 is 1.33 bits per heavy atom. The fourth-order valence-electron chi connectivity index (χ4n) is 1.67. The zero-order valence-electron chi connectivity index (χ0n) is 9.38. The summed E-state index contributed by atoms with van der Waals surface area (Å²) in [6.45, 7) is 0.214. The van der Waals surface area contributed by atoms with Crippen LogP contribution in [0, 0.1) is 0 Å². The van der Waals surface area contributed by atoms with E-state index in [9.17, 15) is 4.79 Å². The van der Waals surface area contributed by atoms with Crippen molar-refractivity contribution in [1.29, 1.82) is 0 Å². The van der Waals surface area contributed by atoms with Crippen LogP contribution in [0.5, 0.6) is 11.5 Å². The number of fused-ring (bicyclic) bond motifs is 1. The highest BCUT2D eigenvalue weighted by atomic mass is 16.7. The Morgan fingerprint density at radius 3 is 3.06 bits per heavy atom. The van der Waals surface area contributed by atoms with Crippen LogP contribution in [0.1, 0.15) is 5.69 Å². The standard InChI is InChI=1S/C12H10N2O4/c15-12(4-9-5-16-6-13-9)14-8-1-2-10-11(3-8)18-7-17-10/h1-3,5-6H,4,7H2,(H,14,15). The molecule has 2 aromatic rings. The van der Waals surface area contributed by atoms with Crippen molar-refractivity contribution >= 4 is 11.6 Å². The van der Waals surface area contributed by atoms with E-state index in [2.05, 4.69) is 10.3 Å². The van der Waals surface area contributed by atoms with E-state index in [0.717, 1.165) is 0 Å². The second-order valence-electron chi connectivity index (χ2n) is 3.77. The number of aromatic nitrogens is 1. The highest BCUT2D eigenvalue weighted by molar-refractivity contribution is 5.92. The molecule has 0 fully saturated rings. The van der Waals surface area contributed by atoms with Gasteiger partial charge in [-0.1, -0.05) is 0 Å². The molecule has 1 aliphatic rings. The Balaban J connectivity index is 1.67. The van der Waals surface area contributed by atoms with Gasteiger partial charge in [-0.2, -0.15) is 0 Å². The van der Waals surface area contributed by atoms with E-state index in [-0.39, 0.29) is 19.1 Å². The first kappa shape index (κ1) is 10.6. The van der Waals surface area contributed by atoms with Gasteiger partial charge in [-0.25, -0.2) is 4.98 Å². The molecule has 0 spiro atoms. The van der Waals surface area contributed by atoms with Crippen LogP contribution in [0.4, 0.5) is 5.69 Å². The van der Waals surface area contributed by atoms with Crippen molar-refractivity contribution in [2.24, 2.45) is 0 Å². The first-order chi connectivity index (χ1) is 8.81. The molecule has 0 atom stereocenters. The number of benzene rings is 1. The summed E-state index contributed by atoms with van der Waals surface area (Å²) in [6.07, 6.45) is 2.91. The minimum atomic E-state index is -0.164. The van der Waals surface area contributed by atoms with Crippen molar-refractivity contribution in [1.82, 2.24) is 4.98 Å². The summed E-state index contributed by atoms with van der Waals surface area (Å²) in [5, 5.41) is 2.75. The molecular weight excluding hydrogens is 236 g/mol. The fourth-order valence-corrected chi connectivity index (χ4v) is 1.67. The van der Waals surface area contributed by atoms with Crippen LogP contribution < -0.4 is 14.8 Å². The van der Waals surface area contributed by atoms with Crippen LogP contribution in [-0.2, 0) is 11.2 Å². The van der Waals surface area contributed by atoms with E-state index in [1.54, 1.807) is 18.2 Å². The SMILES string of the molecule is O=C(Cc1cocn1)Nc1ccc2c(c1)OCO2. The van der Waals surface area contributed by atoms with Crippen LogP contribution in [-0.4, -0.2) is 17.7 Å². The molecule has 0 radical (unpaired) electrons. The maximum Gasteiger partial charge on any atom is 0.231 e. The van der Waals surface area contributed by atoms with Gasteiger partial charge in [0.05, 0.1) is 12.1 Å². The van der Waals surface area contributed by atoms with Crippen molar-refractivity contribution in [2.75, 3.05) is 12.1 Å². The number of nitrogens with zero attached hydrogens (tertiary/aromatic N) is 1. The molecule has 0 saturated carbocycles. The van der Waals surface area contributed by atoms with E-state index in [4.69, 9.17) is 13.9 Å². The summed E-state index contributed by atoms with van der Waals surface area (Å²) >= 11 is 0. The Kier molecular flexibility index (Phi) is 2.60. The van der Waals surface area contributed by atoms with Crippen molar-refractivity contribution in [3.63, 3.8) is 0 Å². The topological polar surface area (TPSA) is 73.6 Å².